The van der Waals surface area contributed by atoms with Gasteiger partial charge in [0, 0.05) is 17.6 Å². The molecule has 3 rings (SSSR count). The molecule has 1 aromatic rings. The second-order valence-corrected chi connectivity index (χ2v) is 5.78. The topological polar surface area (TPSA) is 55.1 Å². The van der Waals surface area contributed by atoms with Crippen LogP contribution >= 0.6 is 0 Å². The standard InChI is InChI=1S/C15H20N2O/c16-15(7-2-8-15)10-14(18)17-13-6-5-11-3-1-4-12(11)9-13/h5-6,9H,1-4,7-8,10,16H2,(H,17,18). The molecule has 1 saturated carbocycles. The van der Waals surface area contributed by atoms with Crippen LogP contribution in [0.4, 0.5) is 5.69 Å². The van der Waals surface area contributed by atoms with Gasteiger partial charge in [-0.05, 0) is 61.8 Å². The van der Waals surface area contributed by atoms with Crippen LogP contribution in [-0.2, 0) is 17.6 Å². The molecule has 1 aromatic carbocycles. The van der Waals surface area contributed by atoms with Crippen LogP contribution in [0.2, 0.25) is 0 Å². The zero-order valence-corrected chi connectivity index (χ0v) is 10.7. The zero-order chi connectivity index (χ0) is 12.6. The van der Waals surface area contributed by atoms with Crippen LogP contribution < -0.4 is 11.1 Å². The Labute approximate surface area is 108 Å². The van der Waals surface area contributed by atoms with Crippen LogP contribution in [0, 0.1) is 0 Å². The van der Waals surface area contributed by atoms with Gasteiger partial charge in [-0.1, -0.05) is 6.07 Å². The molecule has 0 saturated heterocycles. The molecular weight excluding hydrogens is 224 g/mol. The summed E-state index contributed by atoms with van der Waals surface area (Å²) in [6, 6.07) is 6.26. The molecule has 2 aliphatic carbocycles. The second-order valence-electron chi connectivity index (χ2n) is 5.78. The third-order valence-corrected chi connectivity index (χ3v) is 4.24. The van der Waals surface area contributed by atoms with Crippen molar-refractivity contribution in [3.05, 3.63) is 29.3 Å². The first-order chi connectivity index (χ1) is 8.65. The Hall–Kier alpha value is -1.35. The summed E-state index contributed by atoms with van der Waals surface area (Å²) < 4.78 is 0. The van der Waals surface area contributed by atoms with Crippen molar-refractivity contribution in [1.82, 2.24) is 0 Å². The highest BCUT2D eigenvalue weighted by Crippen LogP contribution is 2.32. The smallest absolute Gasteiger partial charge is 0.226 e. The summed E-state index contributed by atoms with van der Waals surface area (Å²) in [6.45, 7) is 0. The first kappa shape index (κ1) is 11.7. The molecule has 3 N–H and O–H groups in total. The average molecular weight is 244 g/mol. The van der Waals surface area contributed by atoms with Crippen molar-refractivity contribution in [3.8, 4) is 0 Å². The van der Waals surface area contributed by atoms with Crippen LogP contribution in [0.5, 0.6) is 0 Å². The first-order valence-electron chi connectivity index (χ1n) is 6.85. The van der Waals surface area contributed by atoms with E-state index in [-0.39, 0.29) is 11.4 Å². The van der Waals surface area contributed by atoms with Crippen LogP contribution in [0.3, 0.4) is 0 Å². The van der Waals surface area contributed by atoms with E-state index in [0.717, 1.165) is 31.4 Å². The number of carbonyl (C=O) groups excluding carboxylic acids is 1. The van der Waals surface area contributed by atoms with E-state index in [4.69, 9.17) is 5.73 Å². The number of hydrogen-bond donors (Lipinski definition) is 2. The molecule has 0 atom stereocenters. The highest BCUT2D eigenvalue weighted by Gasteiger charge is 2.34. The van der Waals surface area contributed by atoms with E-state index < -0.39 is 0 Å². The van der Waals surface area contributed by atoms with Gasteiger partial charge in [-0.3, -0.25) is 4.79 Å². The maximum Gasteiger partial charge on any atom is 0.226 e. The summed E-state index contributed by atoms with van der Waals surface area (Å²) in [5, 5.41) is 2.98. The highest BCUT2D eigenvalue weighted by molar-refractivity contribution is 5.91. The maximum atomic E-state index is 11.9. The third kappa shape index (κ3) is 2.27. The molecule has 3 nitrogen and oxygen atoms in total. The summed E-state index contributed by atoms with van der Waals surface area (Å²) in [5.41, 5.74) is 9.59. The lowest BCUT2D eigenvalue weighted by Gasteiger charge is -2.37. The number of amides is 1. The van der Waals surface area contributed by atoms with Crippen LogP contribution in [-0.4, -0.2) is 11.4 Å². The minimum Gasteiger partial charge on any atom is -0.326 e. The Bertz CT molecular complexity index is 477. The van der Waals surface area contributed by atoms with E-state index in [1.54, 1.807) is 0 Å². The van der Waals surface area contributed by atoms with E-state index >= 15 is 0 Å². The number of aryl methyl sites for hydroxylation is 2. The summed E-state index contributed by atoms with van der Waals surface area (Å²) in [5.74, 6) is 0.0511. The van der Waals surface area contributed by atoms with Gasteiger partial charge in [-0.2, -0.15) is 0 Å². The van der Waals surface area contributed by atoms with Crippen molar-refractivity contribution >= 4 is 11.6 Å². The molecule has 0 spiro atoms. The lowest BCUT2D eigenvalue weighted by molar-refractivity contribution is -0.118. The summed E-state index contributed by atoms with van der Waals surface area (Å²) in [6.07, 6.45) is 7.11. The lowest BCUT2D eigenvalue weighted by atomic mass is 9.75. The van der Waals surface area contributed by atoms with Crippen molar-refractivity contribution in [3.63, 3.8) is 0 Å². The van der Waals surface area contributed by atoms with Gasteiger partial charge in [0.1, 0.15) is 0 Å². The molecule has 0 heterocycles. The predicted octanol–water partition coefficient (Wildman–Crippen LogP) is 2.39. The van der Waals surface area contributed by atoms with Gasteiger partial charge in [0.15, 0.2) is 0 Å². The fourth-order valence-electron chi connectivity index (χ4n) is 2.98. The Balaban J connectivity index is 1.63. The SMILES string of the molecule is NC1(CC(=O)Nc2ccc3c(c2)CCC3)CCC1. The van der Waals surface area contributed by atoms with Crippen molar-refractivity contribution in [2.45, 2.75) is 50.5 Å². The number of anilines is 1. The largest absolute Gasteiger partial charge is 0.326 e. The molecule has 96 valence electrons. The van der Waals surface area contributed by atoms with E-state index in [0.29, 0.717) is 6.42 Å². The van der Waals surface area contributed by atoms with Crippen LogP contribution in [0.15, 0.2) is 18.2 Å². The van der Waals surface area contributed by atoms with Gasteiger partial charge >= 0.3 is 0 Å². The van der Waals surface area contributed by atoms with Crippen molar-refractivity contribution < 1.29 is 4.79 Å². The van der Waals surface area contributed by atoms with Gasteiger partial charge < -0.3 is 11.1 Å². The quantitative estimate of drug-likeness (QED) is 0.857. The predicted molar refractivity (Wildman–Crippen MR) is 72.5 cm³/mol. The molecule has 1 amide bonds. The van der Waals surface area contributed by atoms with Crippen molar-refractivity contribution in [2.24, 2.45) is 5.73 Å². The molecule has 0 unspecified atom stereocenters. The normalized spacial score (nSPS) is 20.1. The number of hydrogen-bond acceptors (Lipinski definition) is 2. The Kier molecular flexibility index (Phi) is 2.86. The fourth-order valence-corrected chi connectivity index (χ4v) is 2.98. The molecule has 3 heteroatoms. The molecule has 2 aliphatic rings. The molecule has 0 bridgehead atoms. The van der Waals surface area contributed by atoms with Crippen molar-refractivity contribution in [1.29, 1.82) is 0 Å². The van der Waals surface area contributed by atoms with Gasteiger partial charge in [0.05, 0.1) is 0 Å². The van der Waals surface area contributed by atoms with Gasteiger partial charge in [0.2, 0.25) is 5.91 Å². The average Bonchev–Trinajstić information content (AvgIpc) is 2.74. The number of fused-ring (bicyclic) bond motifs is 1. The molecular formula is C15H20N2O. The Morgan fingerprint density at radius 2 is 2.00 bits per heavy atom. The first-order valence-corrected chi connectivity index (χ1v) is 6.85. The molecule has 0 aliphatic heterocycles. The summed E-state index contributed by atoms with van der Waals surface area (Å²) >= 11 is 0. The molecule has 0 aromatic heterocycles. The Morgan fingerprint density at radius 1 is 1.22 bits per heavy atom. The minimum absolute atomic E-state index is 0.0511. The van der Waals surface area contributed by atoms with Gasteiger partial charge in [-0.25, -0.2) is 0 Å². The number of nitrogens with two attached hydrogens (primary N) is 1. The maximum absolute atomic E-state index is 11.9. The fraction of sp³-hybridized carbons (Fsp3) is 0.533. The van der Waals surface area contributed by atoms with E-state index in [2.05, 4.69) is 17.4 Å². The van der Waals surface area contributed by atoms with Gasteiger partial charge in [-0.15, -0.1) is 0 Å². The summed E-state index contributed by atoms with van der Waals surface area (Å²) in [4.78, 5) is 11.9. The van der Waals surface area contributed by atoms with E-state index in [1.165, 1.54) is 24.0 Å². The lowest BCUT2D eigenvalue weighted by Crippen LogP contribution is -2.48. The van der Waals surface area contributed by atoms with Gasteiger partial charge in [0.25, 0.3) is 0 Å². The van der Waals surface area contributed by atoms with Crippen LogP contribution in [0.25, 0.3) is 0 Å². The zero-order valence-electron chi connectivity index (χ0n) is 10.7. The van der Waals surface area contributed by atoms with E-state index in [1.807, 2.05) is 6.07 Å². The monoisotopic (exact) mass is 244 g/mol. The molecule has 18 heavy (non-hydrogen) atoms. The highest BCUT2D eigenvalue weighted by atomic mass is 16.1. The molecule has 1 fully saturated rings. The number of rotatable bonds is 3. The number of benzene rings is 1. The Morgan fingerprint density at radius 3 is 2.72 bits per heavy atom. The number of nitrogens with one attached hydrogen (secondary N) is 1. The summed E-state index contributed by atoms with van der Waals surface area (Å²) in [7, 11) is 0. The minimum atomic E-state index is -0.235. The second kappa shape index (κ2) is 4.39. The third-order valence-electron chi connectivity index (χ3n) is 4.24. The number of carbonyl (C=O) groups is 1. The van der Waals surface area contributed by atoms with Crippen LogP contribution in [0.1, 0.15) is 43.2 Å². The molecule has 0 radical (unpaired) electrons. The van der Waals surface area contributed by atoms with Crippen molar-refractivity contribution in [2.75, 3.05) is 5.32 Å². The van der Waals surface area contributed by atoms with E-state index in [9.17, 15) is 4.79 Å².